The van der Waals surface area contributed by atoms with Crippen LogP contribution in [-0.4, -0.2) is 25.1 Å². The van der Waals surface area contributed by atoms with Crippen molar-refractivity contribution in [3.63, 3.8) is 0 Å². The van der Waals surface area contributed by atoms with Crippen LogP contribution in [-0.2, 0) is 0 Å². The van der Waals surface area contributed by atoms with Crippen LogP contribution in [0.4, 0.5) is 9.18 Å². The van der Waals surface area contributed by atoms with Crippen LogP contribution in [0.1, 0.15) is 37.3 Å². The smallest absolute Gasteiger partial charge is 0.318 e. The van der Waals surface area contributed by atoms with Gasteiger partial charge < -0.3 is 19.4 Å². The van der Waals surface area contributed by atoms with Crippen LogP contribution in [0.2, 0.25) is 0 Å². The number of nitrogens with one attached hydrogen (secondary N) is 1. The number of nitrogens with zero attached hydrogens (tertiary/aromatic N) is 1. The molecule has 124 valence electrons. The number of carbonyl (C=O) groups is 1. The quantitative estimate of drug-likeness (QED) is 0.909. The molecule has 6 heteroatoms. The molecule has 5 nitrogen and oxygen atoms in total. The monoisotopic (exact) mass is 320 g/mol. The molecule has 0 aliphatic rings. The third-order valence-corrected chi connectivity index (χ3v) is 3.86. The molecule has 2 atom stereocenters. The topological polar surface area (TPSA) is 54.7 Å². The summed E-state index contributed by atoms with van der Waals surface area (Å²) in [6.45, 7) is 3.57. The molecule has 1 aromatic carbocycles. The van der Waals surface area contributed by atoms with Crippen molar-refractivity contribution in [2.75, 3.05) is 14.2 Å². The molecule has 0 fully saturated rings. The maximum Gasteiger partial charge on any atom is 0.318 e. The molecule has 0 saturated heterocycles. The fourth-order valence-corrected chi connectivity index (χ4v) is 2.37. The summed E-state index contributed by atoms with van der Waals surface area (Å²) in [5.41, 5.74) is 0.322. The summed E-state index contributed by atoms with van der Waals surface area (Å²) in [6.07, 6.45) is 1.56. The SMILES string of the molecule is COc1cccc(F)c1[C@H](C)NC(=O)N(C)[C@@H](C)c1ccco1. The molecule has 0 aliphatic heterocycles. The summed E-state index contributed by atoms with van der Waals surface area (Å²) in [5, 5.41) is 2.78. The normalized spacial score (nSPS) is 13.3. The Labute approximate surface area is 135 Å². The summed E-state index contributed by atoms with van der Waals surface area (Å²) < 4.78 is 24.5. The highest BCUT2D eigenvalue weighted by atomic mass is 19.1. The zero-order valence-electron chi connectivity index (χ0n) is 13.7. The highest BCUT2D eigenvalue weighted by molar-refractivity contribution is 5.75. The lowest BCUT2D eigenvalue weighted by Gasteiger charge is -2.26. The largest absolute Gasteiger partial charge is 0.496 e. The van der Waals surface area contributed by atoms with E-state index in [-0.39, 0.29) is 12.1 Å². The van der Waals surface area contributed by atoms with Crippen LogP contribution >= 0.6 is 0 Å². The van der Waals surface area contributed by atoms with E-state index in [2.05, 4.69) is 5.32 Å². The van der Waals surface area contributed by atoms with Gasteiger partial charge in [-0.1, -0.05) is 6.07 Å². The van der Waals surface area contributed by atoms with Gasteiger partial charge in [0.1, 0.15) is 17.3 Å². The van der Waals surface area contributed by atoms with E-state index in [9.17, 15) is 9.18 Å². The zero-order valence-corrected chi connectivity index (χ0v) is 13.7. The molecule has 0 bridgehead atoms. The maximum atomic E-state index is 14.1. The fourth-order valence-electron chi connectivity index (χ4n) is 2.37. The number of hydrogen-bond donors (Lipinski definition) is 1. The van der Waals surface area contributed by atoms with E-state index in [1.54, 1.807) is 44.5 Å². The highest BCUT2D eigenvalue weighted by Gasteiger charge is 2.23. The van der Waals surface area contributed by atoms with Crippen molar-refractivity contribution in [1.29, 1.82) is 0 Å². The van der Waals surface area contributed by atoms with Gasteiger partial charge in [0.15, 0.2) is 0 Å². The Morgan fingerprint density at radius 1 is 1.30 bits per heavy atom. The molecule has 0 radical (unpaired) electrons. The standard InChI is InChI=1S/C17H21FN2O3/c1-11(16-13(18)7-5-8-15(16)22-4)19-17(21)20(3)12(2)14-9-6-10-23-14/h5-12H,1-4H3,(H,19,21)/t11-,12-/m0/s1. The number of ether oxygens (including phenoxy) is 1. The Hall–Kier alpha value is -2.50. The molecule has 0 saturated carbocycles. The van der Waals surface area contributed by atoms with Crippen LogP contribution in [0.5, 0.6) is 5.75 Å². The molecular weight excluding hydrogens is 299 g/mol. The molecule has 0 spiro atoms. The van der Waals surface area contributed by atoms with E-state index in [0.717, 1.165) is 0 Å². The average Bonchev–Trinajstić information content (AvgIpc) is 3.07. The molecule has 0 aliphatic carbocycles. The molecular formula is C17H21FN2O3. The van der Waals surface area contributed by atoms with Crippen LogP contribution in [0, 0.1) is 5.82 Å². The van der Waals surface area contributed by atoms with Gasteiger partial charge in [-0.3, -0.25) is 0 Å². The van der Waals surface area contributed by atoms with E-state index < -0.39 is 11.9 Å². The Morgan fingerprint density at radius 3 is 2.65 bits per heavy atom. The second kappa shape index (κ2) is 7.17. The van der Waals surface area contributed by atoms with Crippen LogP contribution < -0.4 is 10.1 Å². The first kappa shape index (κ1) is 16.9. The first-order valence-electron chi connectivity index (χ1n) is 7.34. The highest BCUT2D eigenvalue weighted by Crippen LogP contribution is 2.28. The van der Waals surface area contributed by atoms with Gasteiger partial charge in [-0.05, 0) is 38.1 Å². The van der Waals surface area contributed by atoms with Gasteiger partial charge in [0, 0.05) is 7.05 Å². The number of methoxy groups -OCH3 is 1. The number of amides is 2. The number of rotatable bonds is 5. The molecule has 1 heterocycles. The van der Waals surface area contributed by atoms with Crippen molar-refractivity contribution in [2.24, 2.45) is 0 Å². The van der Waals surface area contributed by atoms with Gasteiger partial charge in [0.2, 0.25) is 0 Å². The van der Waals surface area contributed by atoms with Crippen molar-refractivity contribution in [3.8, 4) is 5.75 Å². The lowest BCUT2D eigenvalue weighted by Crippen LogP contribution is -2.40. The van der Waals surface area contributed by atoms with Crippen molar-refractivity contribution < 1.29 is 18.3 Å². The minimum absolute atomic E-state index is 0.236. The fraction of sp³-hybridized carbons (Fsp3) is 0.353. The minimum Gasteiger partial charge on any atom is -0.496 e. The summed E-state index contributed by atoms with van der Waals surface area (Å²) in [7, 11) is 3.13. The van der Waals surface area contributed by atoms with Gasteiger partial charge in [-0.25, -0.2) is 9.18 Å². The lowest BCUT2D eigenvalue weighted by atomic mass is 10.1. The second-order valence-corrected chi connectivity index (χ2v) is 5.33. The molecule has 2 aromatic rings. The van der Waals surface area contributed by atoms with Gasteiger partial charge in [-0.2, -0.15) is 0 Å². The molecule has 2 amide bonds. The summed E-state index contributed by atoms with van der Waals surface area (Å²) >= 11 is 0. The van der Waals surface area contributed by atoms with Crippen molar-refractivity contribution in [3.05, 3.63) is 53.7 Å². The number of hydrogen-bond acceptors (Lipinski definition) is 3. The van der Waals surface area contributed by atoms with Crippen molar-refractivity contribution in [2.45, 2.75) is 25.9 Å². The summed E-state index contributed by atoms with van der Waals surface area (Å²) in [4.78, 5) is 13.9. The maximum absolute atomic E-state index is 14.1. The number of urea groups is 1. The van der Waals surface area contributed by atoms with E-state index in [4.69, 9.17) is 9.15 Å². The number of carbonyl (C=O) groups excluding carboxylic acids is 1. The predicted octanol–water partition coefficient (Wildman–Crippen LogP) is 3.89. The molecule has 1 N–H and O–H groups in total. The molecule has 0 unspecified atom stereocenters. The zero-order chi connectivity index (χ0) is 17.0. The van der Waals surface area contributed by atoms with E-state index in [1.807, 2.05) is 6.92 Å². The Morgan fingerprint density at radius 2 is 2.04 bits per heavy atom. The third-order valence-electron chi connectivity index (χ3n) is 3.86. The Bertz CT molecular complexity index is 658. The average molecular weight is 320 g/mol. The first-order valence-corrected chi connectivity index (χ1v) is 7.34. The number of furan rings is 1. The number of benzene rings is 1. The van der Waals surface area contributed by atoms with Crippen LogP contribution in [0.15, 0.2) is 41.0 Å². The van der Waals surface area contributed by atoms with Gasteiger partial charge >= 0.3 is 6.03 Å². The van der Waals surface area contributed by atoms with Gasteiger partial charge in [-0.15, -0.1) is 0 Å². The van der Waals surface area contributed by atoms with E-state index in [0.29, 0.717) is 17.1 Å². The van der Waals surface area contributed by atoms with Gasteiger partial charge in [0.25, 0.3) is 0 Å². The summed E-state index contributed by atoms with van der Waals surface area (Å²) in [5.74, 6) is 0.664. The second-order valence-electron chi connectivity index (χ2n) is 5.33. The van der Waals surface area contributed by atoms with Crippen LogP contribution in [0.3, 0.4) is 0 Å². The van der Waals surface area contributed by atoms with Crippen molar-refractivity contribution in [1.82, 2.24) is 10.2 Å². The van der Waals surface area contributed by atoms with Gasteiger partial charge in [0.05, 0.1) is 31.0 Å². The Kier molecular flexibility index (Phi) is 5.26. The predicted molar refractivity (Wildman–Crippen MR) is 84.8 cm³/mol. The van der Waals surface area contributed by atoms with E-state index >= 15 is 0 Å². The molecule has 23 heavy (non-hydrogen) atoms. The lowest BCUT2D eigenvalue weighted by molar-refractivity contribution is 0.184. The van der Waals surface area contributed by atoms with E-state index in [1.165, 1.54) is 18.1 Å². The van der Waals surface area contributed by atoms with Crippen molar-refractivity contribution >= 4 is 6.03 Å². The number of halogens is 1. The molecule has 2 rings (SSSR count). The summed E-state index contributed by atoms with van der Waals surface area (Å²) in [6, 6.07) is 7.04. The van der Waals surface area contributed by atoms with Crippen LogP contribution in [0.25, 0.3) is 0 Å². The first-order chi connectivity index (χ1) is 11.0. The molecule has 1 aromatic heterocycles. The third kappa shape index (κ3) is 3.64. The minimum atomic E-state index is -0.537. The Balaban J connectivity index is 2.11.